The SMILES string of the molecule is COc1ccccc1-c1ccc(NC(=O)c2ccc(NCCN3CCCC3)cc2)c2c1CNC2=O.Cl. The van der Waals surface area contributed by atoms with Gasteiger partial charge in [-0.05, 0) is 73.5 Å². The van der Waals surface area contributed by atoms with E-state index in [4.69, 9.17) is 4.74 Å². The lowest BCUT2D eigenvalue weighted by molar-refractivity contribution is 0.0966. The van der Waals surface area contributed by atoms with Crippen LogP contribution in [0.4, 0.5) is 11.4 Å². The van der Waals surface area contributed by atoms with Gasteiger partial charge in [-0.25, -0.2) is 0 Å². The Morgan fingerprint density at radius 1 is 1.00 bits per heavy atom. The predicted molar refractivity (Wildman–Crippen MR) is 145 cm³/mol. The van der Waals surface area contributed by atoms with E-state index in [0.717, 1.165) is 41.2 Å². The number of ether oxygens (including phenoxy) is 1. The van der Waals surface area contributed by atoms with E-state index in [9.17, 15) is 9.59 Å². The molecule has 0 radical (unpaired) electrons. The molecule has 0 aromatic heterocycles. The van der Waals surface area contributed by atoms with E-state index in [1.54, 1.807) is 25.3 Å². The number of fused-ring (bicyclic) bond motifs is 1. The van der Waals surface area contributed by atoms with Crippen molar-refractivity contribution in [2.45, 2.75) is 19.4 Å². The van der Waals surface area contributed by atoms with Crippen molar-refractivity contribution in [1.82, 2.24) is 10.2 Å². The Kier molecular flexibility index (Phi) is 8.13. The summed E-state index contributed by atoms with van der Waals surface area (Å²) in [4.78, 5) is 28.1. The Labute approximate surface area is 217 Å². The van der Waals surface area contributed by atoms with Gasteiger partial charge in [0.1, 0.15) is 5.75 Å². The molecule has 188 valence electrons. The van der Waals surface area contributed by atoms with Gasteiger partial charge >= 0.3 is 0 Å². The number of carbonyl (C=O) groups excluding carboxylic acids is 2. The zero-order chi connectivity index (χ0) is 24.2. The molecule has 0 spiro atoms. The molecule has 2 aliphatic rings. The lowest BCUT2D eigenvalue weighted by atomic mass is 9.95. The molecule has 1 fully saturated rings. The van der Waals surface area contributed by atoms with E-state index in [2.05, 4.69) is 20.9 Å². The Morgan fingerprint density at radius 2 is 1.75 bits per heavy atom. The fraction of sp³-hybridized carbons (Fsp3) is 0.286. The summed E-state index contributed by atoms with van der Waals surface area (Å²) in [5.74, 6) is 0.296. The number of anilines is 2. The molecule has 0 bridgehead atoms. The van der Waals surface area contributed by atoms with E-state index in [-0.39, 0.29) is 24.2 Å². The van der Waals surface area contributed by atoms with Crippen LogP contribution < -0.4 is 20.7 Å². The summed E-state index contributed by atoms with van der Waals surface area (Å²) < 4.78 is 5.52. The third-order valence-corrected chi connectivity index (χ3v) is 6.71. The molecule has 5 rings (SSSR count). The van der Waals surface area contributed by atoms with Crippen LogP contribution in [0.5, 0.6) is 5.75 Å². The third kappa shape index (κ3) is 5.32. The van der Waals surface area contributed by atoms with Crippen LogP contribution in [0.3, 0.4) is 0 Å². The molecular weight excluding hydrogens is 476 g/mol. The van der Waals surface area contributed by atoms with Crippen molar-refractivity contribution in [1.29, 1.82) is 0 Å². The van der Waals surface area contributed by atoms with Crippen LogP contribution in [-0.2, 0) is 6.54 Å². The van der Waals surface area contributed by atoms with E-state index in [0.29, 0.717) is 23.4 Å². The highest BCUT2D eigenvalue weighted by molar-refractivity contribution is 6.11. The molecule has 3 N–H and O–H groups in total. The molecule has 7 nitrogen and oxygen atoms in total. The number of hydrogen-bond donors (Lipinski definition) is 3. The van der Waals surface area contributed by atoms with Gasteiger partial charge in [0.15, 0.2) is 0 Å². The summed E-state index contributed by atoms with van der Waals surface area (Å²) in [6.45, 7) is 4.68. The Morgan fingerprint density at radius 3 is 2.50 bits per heavy atom. The second-order valence-electron chi connectivity index (χ2n) is 8.90. The highest BCUT2D eigenvalue weighted by atomic mass is 35.5. The number of halogens is 1. The van der Waals surface area contributed by atoms with Gasteiger partial charge in [0.05, 0.1) is 18.4 Å². The highest BCUT2D eigenvalue weighted by Crippen LogP contribution is 2.38. The molecule has 1 saturated heterocycles. The third-order valence-electron chi connectivity index (χ3n) is 6.71. The van der Waals surface area contributed by atoms with Crippen molar-refractivity contribution in [3.63, 3.8) is 0 Å². The Hall–Kier alpha value is -3.55. The fourth-order valence-electron chi connectivity index (χ4n) is 4.87. The van der Waals surface area contributed by atoms with Crippen molar-refractivity contribution < 1.29 is 14.3 Å². The van der Waals surface area contributed by atoms with Crippen LogP contribution in [0.15, 0.2) is 60.7 Å². The molecule has 0 saturated carbocycles. The quantitative estimate of drug-likeness (QED) is 0.409. The standard InChI is InChI=1S/C28H30N4O3.ClH/c1-35-25-7-3-2-6-22(25)21-12-13-24(26-23(21)18-30-28(26)34)31-27(33)19-8-10-20(11-9-19)29-14-17-32-15-4-5-16-32;/h2-3,6-13,29H,4-5,14-18H2,1H3,(H,30,34)(H,31,33);1H. The number of rotatable bonds is 8. The first-order valence-electron chi connectivity index (χ1n) is 12.1. The molecule has 8 heteroatoms. The molecule has 36 heavy (non-hydrogen) atoms. The minimum absolute atomic E-state index is 0. The largest absolute Gasteiger partial charge is 0.496 e. The minimum atomic E-state index is -0.249. The Balaban J connectivity index is 0.00000304. The van der Waals surface area contributed by atoms with Gasteiger partial charge in [-0.1, -0.05) is 24.3 Å². The number of benzene rings is 3. The van der Waals surface area contributed by atoms with Gasteiger partial charge in [-0.15, -0.1) is 12.4 Å². The van der Waals surface area contributed by atoms with Crippen LogP contribution in [0.1, 0.15) is 39.1 Å². The van der Waals surface area contributed by atoms with Crippen molar-refractivity contribution in [2.75, 3.05) is 43.9 Å². The smallest absolute Gasteiger partial charge is 0.255 e. The molecule has 2 heterocycles. The number of amides is 2. The van der Waals surface area contributed by atoms with E-state index in [1.807, 2.05) is 42.5 Å². The first kappa shape index (κ1) is 25.5. The van der Waals surface area contributed by atoms with E-state index in [1.165, 1.54) is 25.9 Å². The van der Waals surface area contributed by atoms with Gasteiger partial charge in [0.25, 0.3) is 11.8 Å². The van der Waals surface area contributed by atoms with Gasteiger partial charge < -0.3 is 25.6 Å². The van der Waals surface area contributed by atoms with Gasteiger partial charge in [0.2, 0.25) is 0 Å². The first-order valence-corrected chi connectivity index (χ1v) is 12.1. The van der Waals surface area contributed by atoms with Crippen molar-refractivity contribution >= 4 is 35.6 Å². The zero-order valence-electron chi connectivity index (χ0n) is 20.3. The maximum atomic E-state index is 13.0. The van der Waals surface area contributed by atoms with E-state index < -0.39 is 0 Å². The second kappa shape index (κ2) is 11.5. The summed E-state index contributed by atoms with van der Waals surface area (Å²) in [6.07, 6.45) is 2.58. The number of hydrogen-bond acceptors (Lipinski definition) is 5. The number of carbonyl (C=O) groups is 2. The summed E-state index contributed by atoms with van der Waals surface area (Å²) in [5, 5.41) is 9.25. The normalized spacial score (nSPS) is 14.5. The fourth-order valence-corrected chi connectivity index (χ4v) is 4.87. The monoisotopic (exact) mass is 506 g/mol. The molecule has 3 aromatic rings. The molecule has 0 aliphatic carbocycles. The van der Waals surface area contributed by atoms with Crippen LogP contribution in [0, 0.1) is 0 Å². The average Bonchev–Trinajstić information content (AvgIpc) is 3.55. The number of para-hydroxylation sites is 1. The molecule has 2 aliphatic heterocycles. The number of nitrogens with one attached hydrogen (secondary N) is 3. The van der Waals surface area contributed by atoms with Crippen molar-refractivity contribution in [3.05, 3.63) is 77.4 Å². The molecule has 2 amide bonds. The maximum absolute atomic E-state index is 13.0. The van der Waals surface area contributed by atoms with Gasteiger partial charge in [0, 0.05) is 36.4 Å². The molecule has 3 aromatic carbocycles. The molecule has 0 unspecified atom stereocenters. The van der Waals surface area contributed by atoms with Crippen LogP contribution in [-0.4, -0.2) is 50.0 Å². The zero-order valence-corrected chi connectivity index (χ0v) is 21.1. The predicted octanol–water partition coefficient (Wildman–Crippen LogP) is 4.79. The molecular formula is C28H31ClN4O3. The number of likely N-dealkylation sites (tertiary alicyclic amines) is 1. The lowest BCUT2D eigenvalue weighted by Crippen LogP contribution is -2.25. The Bertz CT molecular complexity index is 1240. The van der Waals surface area contributed by atoms with Crippen LogP contribution in [0.2, 0.25) is 0 Å². The summed E-state index contributed by atoms with van der Waals surface area (Å²) in [6, 6.07) is 18.9. The average molecular weight is 507 g/mol. The lowest BCUT2D eigenvalue weighted by Gasteiger charge is -2.16. The second-order valence-corrected chi connectivity index (χ2v) is 8.90. The first-order chi connectivity index (χ1) is 17.1. The maximum Gasteiger partial charge on any atom is 0.255 e. The number of nitrogens with zero attached hydrogens (tertiary/aromatic N) is 1. The van der Waals surface area contributed by atoms with Crippen molar-refractivity contribution in [3.8, 4) is 16.9 Å². The van der Waals surface area contributed by atoms with Gasteiger partial charge in [-0.3, -0.25) is 9.59 Å². The molecule has 0 atom stereocenters. The van der Waals surface area contributed by atoms with E-state index >= 15 is 0 Å². The van der Waals surface area contributed by atoms with Crippen LogP contribution >= 0.6 is 12.4 Å². The summed E-state index contributed by atoms with van der Waals surface area (Å²) in [5.41, 5.74) is 5.22. The van der Waals surface area contributed by atoms with Crippen LogP contribution in [0.25, 0.3) is 11.1 Å². The summed E-state index contributed by atoms with van der Waals surface area (Å²) >= 11 is 0. The van der Waals surface area contributed by atoms with Crippen molar-refractivity contribution in [2.24, 2.45) is 0 Å². The minimum Gasteiger partial charge on any atom is -0.496 e. The summed E-state index contributed by atoms with van der Waals surface area (Å²) in [7, 11) is 1.63. The topological polar surface area (TPSA) is 82.7 Å². The highest BCUT2D eigenvalue weighted by Gasteiger charge is 2.27. The number of methoxy groups -OCH3 is 1. The van der Waals surface area contributed by atoms with Gasteiger partial charge in [-0.2, -0.15) is 0 Å².